The van der Waals surface area contributed by atoms with Crippen LogP contribution in [-0.4, -0.2) is 21.8 Å². The molecule has 0 aromatic carbocycles. The van der Waals surface area contributed by atoms with Gasteiger partial charge in [0.25, 0.3) is 5.09 Å². The number of hydrogen-bond donors (Lipinski definition) is 1. The van der Waals surface area contributed by atoms with Crippen molar-refractivity contribution >= 4 is 5.97 Å². The minimum absolute atomic E-state index is 0.226. The van der Waals surface area contributed by atoms with E-state index in [2.05, 4.69) is 4.84 Å². The minimum atomic E-state index is -1.54. The number of carboxylic acids is 1. The third-order valence-corrected chi connectivity index (χ3v) is 1.80. The highest BCUT2D eigenvalue weighted by Gasteiger charge is 2.48. The molecule has 0 unspecified atom stereocenters. The summed E-state index contributed by atoms with van der Waals surface area (Å²) in [5.74, 6) is -1.25. The largest absolute Gasteiger partial charge is 0.479 e. The third kappa shape index (κ3) is 1.24. The van der Waals surface area contributed by atoms with Crippen molar-refractivity contribution in [3.05, 3.63) is 10.1 Å². The summed E-state index contributed by atoms with van der Waals surface area (Å²) >= 11 is 0. The molecule has 1 rings (SSSR count). The maximum absolute atomic E-state index is 10.4. The molecule has 1 fully saturated rings. The van der Waals surface area contributed by atoms with Crippen molar-refractivity contribution in [2.75, 3.05) is 0 Å². The highest BCUT2D eigenvalue weighted by Crippen LogP contribution is 2.35. The molecule has 0 heterocycles. The maximum Gasteiger partial charge on any atom is 0.335 e. The van der Waals surface area contributed by atoms with Crippen molar-refractivity contribution in [1.29, 1.82) is 0 Å². The first-order valence-electron chi connectivity index (χ1n) is 3.14. The monoisotopic (exact) mass is 161 g/mol. The van der Waals surface area contributed by atoms with E-state index in [-0.39, 0.29) is 12.8 Å². The van der Waals surface area contributed by atoms with Gasteiger partial charge in [0, 0.05) is 0 Å². The lowest BCUT2D eigenvalue weighted by Gasteiger charge is -2.34. The van der Waals surface area contributed by atoms with Crippen LogP contribution >= 0.6 is 0 Å². The van der Waals surface area contributed by atoms with Gasteiger partial charge < -0.3 is 5.11 Å². The van der Waals surface area contributed by atoms with E-state index in [1.54, 1.807) is 0 Å². The number of carbonyl (C=O) groups is 1. The Morgan fingerprint density at radius 2 is 2.18 bits per heavy atom. The molecular weight excluding hydrogens is 154 g/mol. The Bertz CT molecular complexity index is 197. The predicted molar refractivity (Wildman–Crippen MR) is 32.3 cm³/mol. The van der Waals surface area contributed by atoms with Gasteiger partial charge >= 0.3 is 5.97 Å². The minimum Gasteiger partial charge on any atom is -0.479 e. The summed E-state index contributed by atoms with van der Waals surface area (Å²) in [6.07, 6.45) is 1.12. The Morgan fingerprint density at radius 3 is 2.27 bits per heavy atom. The predicted octanol–water partition coefficient (Wildman–Crippen LogP) is 0.202. The highest BCUT2D eigenvalue weighted by atomic mass is 17.0. The number of aliphatic carboxylic acids is 1. The fourth-order valence-electron chi connectivity index (χ4n) is 0.985. The van der Waals surface area contributed by atoms with Crippen molar-refractivity contribution in [2.45, 2.75) is 24.9 Å². The van der Waals surface area contributed by atoms with Gasteiger partial charge in [-0.15, -0.1) is 10.1 Å². The molecule has 0 bridgehead atoms. The van der Waals surface area contributed by atoms with E-state index in [1.165, 1.54) is 0 Å². The van der Waals surface area contributed by atoms with Crippen molar-refractivity contribution in [1.82, 2.24) is 0 Å². The first-order valence-corrected chi connectivity index (χ1v) is 3.14. The Balaban J connectivity index is 2.61. The molecule has 6 nitrogen and oxygen atoms in total. The normalized spacial score (nSPS) is 20.0. The average molecular weight is 161 g/mol. The lowest BCUT2D eigenvalue weighted by Crippen LogP contribution is -2.49. The van der Waals surface area contributed by atoms with Crippen LogP contribution in [0.25, 0.3) is 0 Å². The van der Waals surface area contributed by atoms with Crippen LogP contribution < -0.4 is 0 Å². The second kappa shape index (κ2) is 2.37. The van der Waals surface area contributed by atoms with Gasteiger partial charge in [-0.05, 0) is 19.3 Å². The van der Waals surface area contributed by atoms with Gasteiger partial charge in [-0.3, -0.25) is 4.84 Å². The van der Waals surface area contributed by atoms with Crippen molar-refractivity contribution in [2.24, 2.45) is 0 Å². The highest BCUT2D eigenvalue weighted by molar-refractivity contribution is 5.78. The molecule has 0 aliphatic heterocycles. The van der Waals surface area contributed by atoms with Gasteiger partial charge in [0.05, 0.1) is 0 Å². The second-order valence-corrected chi connectivity index (χ2v) is 2.47. The molecule has 1 aliphatic rings. The molecule has 0 spiro atoms. The molecule has 0 atom stereocenters. The Kier molecular flexibility index (Phi) is 1.67. The summed E-state index contributed by atoms with van der Waals surface area (Å²) in [7, 11) is 0. The molecule has 11 heavy (non-hydrogen) atoms. The van der Waals surface area contributed by atoms with Crippen molar-refractivity contribution in [3.8, 4) is 0 Å². The van der Waals surface area contributed by atoms with Crippen LogP contribution in [0.5, 0.6) is 0 Å². The van der Waals surface area contributed by atoms with E-state index in [0.29, 0.717) is 6.42 Å². The molecular formula is C5H7NO5. The summed E-state index contributed by atoms with van der Waals surface area (Å²) < 4.78 is 0. The van der Waals surface area contributed by atoms with Gasteiger partial charge in [-0.2, -0.15) is 0 Å². The van der Waals surface area contributed by atoms with E-state index in [9.17, 15) is 14.9 Å². The van der Waals surface area contributed by atoms with Crippen LogP contribution in [0.1, 0.15) is 19.3 Å². The summed E-state index contributed by atoms with van der Waals surface area (Å²) in [4.78, 5) is 24.3. The summed E-state index contributed by atoms with van der Waals surface area (Å²) in [5, 5.41) is 17.3. The average Bonchev–Trinajstić information content (AvgIpc) is 1.77. The Morgan fingerprint density at radius 1 is 1.64 bits per heavy atom. The van der Waals surface area contributed by atoms with Gasteiger partial charge in [-0.25, -0.2) is 4.79 Å². The summed E-state index contributed by atoms with van der Waals surface area (Å²) in [6.45, 7) is 0. The second-order valence-electron chi connectivity index (χ2n) is 2.47. The molecule has 62 valence electrons. The Hall–Kier alpha value is -1.33. The molecule has 0 aromatic rings. The van der Waals surface area contributed by atoms with E-state index in [1.807, 2.05) is 0 Å². The molecule has 1 aliphatic carbocycles. The fourth-order valence-corrected chi connectivity index (χ4v) is 0.985. The zero-order chi connectivity index (χ0) is 8.48. The number of nitrogens with zero attached hydrogens (tertiary/aromatic N) is 1. The van der Waals surface area contributed by atoms with Gasteiger partial charge in [0.2, 0.25) is 5.60 Å². The van der Waals surface area contributed by atoms with E-state index >= 15 is 0 Å². The van der Waals surface area contributed by atoms with Crippen LogP contribution in [0.2, 0.25) is 0 Å². The van der Waals surface area contributed by atoms with Crippen molar-refractivity contribution in [3.63, 3.8) is 0 Å². The molecule has 0 saturated heterocycles. The van der Waals surface area contributed by atoms with Gasteiger partial charge in [0.15, 0.2) is 0 Å². The lowest BCUT2D eigenvalue weighted by molar-refractivity contribution is -0.780. The fraction of sp³-hybridized carbons (Fsp3) is 0.800. The zero-order valence-electron chi connectivity index (χ0n) is 5.65. The number of rotatable bonds is 3. The molecule has 1 saturated carbocycles. The summed E-state index contributed by atoms with van der Waals surface area (Å²) in [6, 6.07) is 0. The van der Waals surface area contributed by atoms with Gasteiger partial charge in [-0.1, -0.05) is 0 Å². The maximum atomic E-state index is 10.4. The van der Waals surface area contributed by atoms with Crippen LogP contribution in [0, 0.1) is 10.1 Å². The van der Waals surface area contributed by atoms with Crippen LogP contribution in [0.3, 0.4) is 0 Å². The molecule has 0 aromatic heterocycles. The standard InChI is InChI=1S/C5H7NO5/c7-4(8)5(2-1-3-5)11-6(9)10/h1-3H2,(H,7,8). The first-order chi connectivity index (χ1) is 5.07. The number of carboxylic acid groups (broad SMARTS) is 1. The number of hydrogen-bond acceptors (Lipinski definition) is 4. The quantitative estimate of drug-likeness (QED) is 0.471. The van der Waals surface area contributed by atoms with E-state index in [0.717, 1.165) is 0 Å². The van der Waals surface area contributed by atoms with Gasteiger partial charge in [0.1, 0.15) is 0 Å². The smallest absolute Gasteiger partial charge is 0.335 e. The molecule has 0 radical (unpaired) electrons. The van der Waals surface area contributed by atoms with E-state index in [4.69, 9.17) is 5.11 Å². The zero-order valence-corrected chi connectivity index (χ0v) is 5.65. The van der Waals surface area contributed by atoms with Crippen molar-refractivity contribution < 1.29 is 19.8 Å². The van der Waals surface area contributed by atoms with Crippen LogP contribution in [0.15, 0.2) is 0 Å². The first kappa shape index (κ1) is 7.77. The lowest BCUT2D eigenvalue weighted by atomic mass is 9.80. The molecule has 6 heteroatoms. The van der Waals surface area contributed by atoms with Crippen LogP contribution in [-0.2, 0) is 9.63 Å². The van der Waals surface area contributed by atoms with E-state index < -0.39 is 16.7 Å². The third-order valence-electron chi connectivity index (χ3n) is 1.80. The summed E-state index contributed by atoms with van der Waals surface area (Å²) in [5.41, 5.74) is -1.54. The molecule has 0 amide bonds. The molecule has 1 N–H and O–H groups in total. The van der Waals surface area contributed by atoms with Crippen LogP contribution in [0.4, 0.5) is 0 Å². The Labute approximate surface area is 61.9 Å². The topological polar surface area (TPSA) is 89.7 Å². The SMILES string of the molecule is O=C(O)C1(O[N+](=O)[O-])CCC1.